The van der Waals surface area contributed by atoms with Gasteiger partial charge in [-0.3, -0.25) is 0 Å². The summed E-state index contributed by atoms with van der Waals surface area (Å²) in [5.41, 5.74) is 4.88. The van der Waals surface area contributed by atoms with Crippen molar-refractivity contribution in [2.24, 2.45) is 23.7 Å². The van der Waals surface area contributed by atoms with E-state index in [1.807, 2.05) is 72.8 Å². The Hall–Kier alpha value is -3.28. The van der Waals surface area contributed by atoms with E-state index >= 15 is 0 Å². The number of rotatable bonds is 8. The van der Waals surface area contributed by atoms with Crippen LogP contribution in [0, 0.1) is 23.7 Å². The molecule has 4 aromatic carbocycles. The van der Waals surface area contributed by atoms with Gasteiger partial charge in [0.15, 0.2) is 0 Å². The second-order valence-corrected chi connectivity index (χ2v) is 11.1. The fraction of sp³-hybridized carbons (Fsp3) is 0.333. The molecule has 0 bridgehead atoms. The highest BCUT2D eigenvalue weighted by atomic mass is 16.3. The van der Waals surface area contributed by atoms with Gasteiger partial charge in [-0.1, -0.05) is 121 Å². The van der Waals surface area contributed by atoms with Gasteiger partial charge in [0.05, 0.1) is 0 Å². The van der Waals surface area contributed by atoms with Gasteiger partial charge in [-0.2, -0.15) is 0 Å². The molecule has 4 heteroatoms. The molecule has 208 valence electrons. The number of aliphatic hydroxyl groups excluding tert-OH is 4. The van der Waals surface area contributed by atoms with Crippen molar-refractivity contribution in [1.82, 2.24) is 0 Å². The third-order valence-corrected chi connectivity index (χ3v) is 9.27. The molecule has 2 aliphatic carbocycles. The Morgan fingerprint density at radius 1 is 0.300 bits per heavy atom. The predicted molar refractivity (Wildman–Crippen MR) is 159 cm³/mol. The third kappa shape index (κ3) is 5.50. The Labute approximate surface area is 237 Å². The van der Waals surface area contributed by atoms with Crippen LogP contribution in [0.5, 0.6) is 0 Å². The highest BCUT2D eigenvalue weighted by Gasteiger charge is 2.51. The Bertz CT molecular complexity index is 1060. The van der Waals surface area contributed by atoms with Crippen LogP contribution in [0.1, 0.15) is 45.9 Å². The van der Waals surface area contributed by atoms with Crippen molar-refractivity contribution < 1.29 is 20.4 Å². The topological polar surface area (TPSA) is 80.9 Å². The number of aliphatic hydroxyl groups is 4. The Kier molecular flexibility index (Phi) is 9.45. The van der Waals surface area contributed by atoms with Crippen molar-refractivity contribution in [1.29, 1.82) is 0 Å². The van der Waals surface area contributed by atoms with E-state index in [1.165, 1.54) is 22.3 Å². The van der Waals surface area contributed by atoms with E-state index in [0.717, 1.165) is 0 Å². The van der Waals surface area contributed by atoms with Gasteiger partial charge >= 0.3 is 0 Å². The molecule has 0 radical (unpaired) electrons. The van der Waals surface area contributed by atoms with Gasteiger partial charge in [0, 0.05) is 26.4 Å². The molecule has 2 fully saturated rings. The lowest BCUT2D eigenvalue weighted by atomic mass is 9.53. The minimum atomic E-state index is 0.162. The van der Waals surface area contributed by atoms with Crippen molar-refractivity contribution in [3.8, 4) is 0 Å². The molecule has 0 atom stereocenters. The molecular formula is C36H40O4. The quantitative estimate of drug-likeness (QED) is 0.237. The SMILES string of the molecule is OCC1C(c2ccccc2)C(CO)C1c1ccccc1.OCC1C(c2ccccc2)C(CO)C1c1ccccc1. The van der Waals surface area contributed by atoms with Crippen LogP contribution in [-0.2, 0) is 0 Å². The van der Waals surface area contributed by atoms with E-state index in [2.05, 4.69) is 48.5 Å². The molecule has 4 aromatic rings. The second kappa shape index (κ2) is 13.4. The van der Waals surface area contributed by atoms with E-state index in [-0.39, 0.29) is 73.8 Å². The van der Waals surface area contributed by atoms with Crippen LogP contribution in [0.2, 0.25) is 0 Å². The Morgan fingerprint density at radius 3 is 0.625 bits per heavy atom. The molecule has 0 saturated heterocycles. The number of hydrogen-bond acceptors (Lipinski definition) is 4. The fourth-order valence-electron chi connectivity index (χ4n) is 7.46. The van der Waals surface area contributed by atoms with Crippen LogP contribution in [-0.4, -0.2) is 46.9 Å². The standard InChI is InChI=1S/2C18H20O2/c2*19-11-15-17(13-7-3-1-4-8-13)16(12-20)18(15)14-9-5-2-6-10-14/h2*1-10,15-20H,11-12H2. The van der Waals surface area contributed by atoms with E-state index in [9.17, 15) is 20.4 Å². The van der Waals surface area contributed by atoms with Gasteiger partial charge in [0.2, 0.25) is 0 Å². The van der Waals surface area contributed by atoms with Gasteiger partial charge in [-0.15, -0.1) is 0 Å². The first-order valence-electron chi connectivity index (χ1n) is 14.4. The van der Waals surface area contributed by atoms with Crippen molar-refractivity contribution in [3.63, 3.8) is 0 Å². The highest BCUT2D eigenvalue weighted by Crippen LogP contribution is 2.57. The van der Waals surface area contributed by atoms with Gasteiger partial charge in [-0.25, -0.2) is 0 Å². The van der Waals surface area contributed by atoms with Crippen LogP contribution in [0.15, 0.2) is 121 Å². The molecule has 2 saturated carbocycles. The molecule has 0 spiro atoms. The first kappa shape index (κ1) is 28.3. The first-order chi connectivity index (χ1) is 19.7. The van der Waals surface area contributed by atoms with Crippen LogP contribution >= 0.6 is 0 Å². The second-order valence-electron chi connectivity index (χ2n) is 11.1. The van der Waals surface area contributed by atoms with Crippen molar-refractivity contribution in [2.75, 3.05) is 26.4 Å². The molecule has 0 aromatic heterocycles. The molecule has 40 heavy (non-hydrogen) atoms. The molecule has 0 aliphatic heterocycles. The zero-order valence-electron chi connectivity index (χ0n) is 22.8. The van der Waals surface area contributed by atoms with Crippen LogP contribution in [0.4, 0.5) is 0 Å². The summed E-state index contributed by atoms with van der Waals surface area (Å²) in [6, 6.07) is 40.9. The zero-order valence-corrected chi connectivity index (χ0v) is 22.8. The van der Waals surface area contributed by atoms with Crippen molar-refractivity contribution in [2.45, 2.75) is 23.7 Å². The summed E-state index contributed by atoms with van der Waals surface area (Å²) in [4.78, 5) is 0. The first-order valence-corrected chi connectivity index (χ1v) is 14.4. The van der Waals surface area contributed by atoms with Crippen LogP contribution < -0.4 is 0 Å². The minimum absolute atomic E-state index is 0.162. The smallest absolute Gasteiger partial charge is 0.0471 e. The largest absolute Gasteiger partial charge is 0.396 e. The monoisotopic (exact) mass is 536 g/mol. The van der Waals surface area contributed by atoms with E-state index < -0.39 is 0 Å². The van der Waals surface area contributed by atoms with Gasteiger partial charge in [0.1, 0.15) is 0 Å². The van der Waals surface area contributed by atoms with E-state index in [0.29, 0.717) is 0 Å². The van der Waals surface area contributed by atoms with Gasteiger partial charge in [0.25, 0.3) is 0 Å². The van der Waals surface area contributed by atoms with Crippen LogP contribution in [0.3, 0.4) is 0 Å². The van der Waals surface area contributed by atoms with E-state index in [1.54, 1.807) is 0 Å². The predicted octanol–water partition coefficient (Wildman–Crippen LogP) is 5.57. The van der Waals surface area contributed by atoms with Gasteiger partial charge in [-0.05, 0) is 69.6 Å². The summed E-state index contributed by atoms with van der Waals surface area (Å²) < 4.78 is 0. The fourth-order valence-corrected chi connectivity index (χ4v) is 7.46. The highest BCUT2D eigenvalue weighted by molar-refractivity contribution is 5.35. The lowest BCUT2D eigenvalue weighted by Crippen LogP contribution is -2.46. The lowest BCUT2D eigenvalue weighted by molar-refractivity contribution is 0.00511. The summed E-state index contributed by atoms with van der Waals surface area (Å²) in [6.45, 7) is 0.649. The lowest BCUT2D eigenvalue weighted by Gasteiger charge is -2.51. The summed E-state index contributed by atoms with van der Waals surface area (Å²) >= 11 is 0. The normalized spacial score (nSPS) is 28.9. The van der Waals surface area contributed by atoms with Crippen molar-refractivity contribution in [3.05, 3.63) is 144 Å². The molecule has 4 N–H and O–H groups in total. The number of benzene rings is 4. The maximum atomic E-state index is 9.78. The van der Waals surface area contributed by atoms with Crippen molar-refractivity contribution >= 4 is 0 Å². The molecule has 2 aliphatic rings. The maximum Gasteiger partial charge on any atom is 0.0471 e. The average Bonchev–Trinajstić information content (AvgIpc) is 2.99. The summed E-state index contributed by atoms with van der Waals surface area (Å²) in [5.74, 6) is 1.75. The van der Waals surface area contributed by atoms with Crippen LogP contribution in [0.25, 0.3) is 0 Å². The minimum Gasteiger partial charge on any atom is -0.396 e. The van der Waals surface area contributed by atoms with E-state index in [4.69, 9.17) is 0 Å². The maximum absolute atomic E-state index is 9.78. The third-order valence-electron chi connectivity index (χ3n) is 9.27. The molecule has 0 unspecified atom stereocenters. The summed E-state index contributed by atoms with van der Waals surface area (Å²) in [7, 11) is 0. The molecular weight excluding hydrogens is 496 g/mol. The molecule has 6 rings (SSSR count). The molecule has 0 heterocycles. The molecule has 0 amide bonds. The number of hydrogen-bond donors (Lipinski definition) is 4. The van der Waals surface area contributed by atoms with Gasteiger partial charge < -0.3 is 20.4 Å². The average molecular weight is 537 g/mol. The Balaban J connectivity index is 0.000000161. The Morgan fingerprint density at radius 2 is 0.475 bits per heavy atom. The summed E-state index contributed by atoms with van der Waals surface area (Å²) in [5, 5.41) is 39.1. The molecule has 4 nitrogen and oxygen atoms in total. The summed E-state index contributed by atoms with van der Waals surface area (Å²) in [6.07, 6.45) is 0. The zero-order chi connectivity index (χ0) is 27.9.